The molecule has 0 aliphatic rings. The van der Waals surface area contributed by atoms with Crippen molar-refractivity contribution in [1.29, 1.82) is 0 Å². The molecule has 15 heavy (non-hydrogen) atoms. The van der Waals surface area contributed by atoms with E-state index in [0.29, 0.717) is 0 Å². The number of hydrogen-bond acceptors (Lipinski definition) is 1. The molecule has 0 unspecified atom stereocenters. The summed E-state index contributed by atoms with van der Waals surface area (Å²) >= 11 is 0. The highest BCUT2D eigenvalue weighted by molar-refractivity contribution is 5.49. The molecular formula is C12H16N2O. The Kier molecular flexibility index (Phi) is 2.18. The summed E-state index contributed by atoms with van der Waals surface area (Å²) in [6.07, 6.45) is 3.94. The van der Waals surface area contributed by atoms with E-state index in [1.54, 1.807) is 0 Å². The largest absolute Gasteiger partial charge is 0.343 e. The molecule has 0 saturated carbocycles. The molecule has 0 fully saturated rings. The van der Waals surface area contributed by atoms with Gasteiger partial charge in [-0.25, -0.2) is 0 Å². The monoisotopic (exact) mass is 204 g/mol. The Morgan fingerprint density at radius 2 is 1.93 bits per heavy atom. The summed E-state index contributed by atoms with van der Waals surface area (Å²) in [7, 11) is 0. The fourth-order valence-corrected chi connectivity index (χ4v) is 1.89. The number of fused-ring (bicyclic) bond motifs is 1. The molecule has 2 aromatic rings. The number of rotatable bonds is 1. The van der Waals surface area contributed by atoms with Crippen LogP contribution in [0.25, 0.3) is 5.65 Å². The normalized spacial score (nSPS) is 11.5. The highest BCUT2D eigenvalue weighted by Gasteiger charge is 2.11. The van der Waals surface area contributed by atoms with Gasteiger partial charge >= 0.3 is 0 Å². The summed E-state index contributed by atoms with van der Waals surface area (Å²) in [5, 5.41) is 0. The number of H-pyrrole nitrogens is 1. The quantitative estimate of drug-likeness (QED) is 0.760. The molecule has 0 amide bonds. The Hall–Kier alpha value is -1.51. The van der Waals surface area contributed by atoms with E-state index in [-0.39, 0.29) is 11.3 Å². The van der Waals surface area contributed by atoms with Crippen LogP contribution in [0.2, 0.25) is 0 Å². The van der Waals surface area contributed by atoms with E-state index >= 15 is 0 Å². The molecule has 0 radical (unpaired) electrons. The predicted molar refractivity (Wildman–Crippen MR) is 61.6 cm³/mol. The van der Waals surface area contributed by atoms with Gasteiger partial charge in [0.25, 0.3) is 0 Å². The first-order chi connectivity index (χ1) is 7.00. The third-order valence-corrected chi connectivity index (χ3v) is 2.76. The lowest BCUT2D eigenvalue weighted by molar-refractivity contribution is 0.840. The molecule has 3 heteroatoms. The Labute approximate surface area is 88.8 Å². The molecule has 0 saturated heterocycles. The van der Waals surface area contributed by atoms with Crippen molar-refractivity contribution in [3.63, 3.8) is 0 Å². The van der Waals surface area contributed by atoms with E-state index in [0.717, 1.165) is 22.5 Å². The lowest BCUT2D eigenvalue weighted by Crippen LogP contribution is -2.15. The van der Waals surface area contributed by atoms with Crippen molar-refractivity contribution in [3.05, 3.63) is 39.4 Å². The average molecular weight is 204 g/mol. The van der Waals surface area contributed by atoms with Crippen LogP contribution in [0.5, 0.6) is 0 Å². The Balaban J connectivity index is 2.88. The summed E-state index contributed by atoms with van der Waals surface area (Å²) in [5.74, 6) is 0.267. The van der Waals surface area contributed by atoms with Gasteiger partial charge in [0.15, 0.2) is 5.43 Å². The minimum absolute atomic E-state index is 0.159. The van der Waals surface area contributed by atoms with E-state index in [4.69, 9.17) is 0 Å². The Morgan fingerprint density at radius 3 is 2.53 bits per heavy atom. The van der Waals surface area contributed by atoms with Crippen LogP contribution in [-0.2, 0) is 0 Å². The van der Waals surface area contributed by atoms with Crippen molar-refractivity contribution < 1.29 is 0 Å². The summed E-state index contributed by atoms with van der Waals surface area (Å²) in [6.45, 7) is 7.95. The molecular weight excluding hydrogens is 188 g/mol. The van der Waals surface area contributed by atoms with E-state index in [2.05, 4.69) is 4.98 Å². The number of aromatic nitrogens is 2. The molecule has 0 atom stereocenters. The van der Waals surface area contributed by atoms with Crippen molar-refractivity contribution >= 4 is 5.65 Å². The van der Waals surface area contributed by atoms with Crippen LogP contribution < -0.4 is 5.43 Å². The maximum atomic E-state index is 12.0. The zero-order valence-electron chi connectivity index (χ0n) is 9.59. The van der Waals surface area contributed by atoms with E-state index in [1.165, 1.54) is 0 Å². The van der Waals surface area contributed by atoms with Gasteiger partial charge < -0.3 is 9.38 Å². The molecule has 2 aromatic heterocycles. The van der Waals surface area contributed by atoms with Crippen molar-refractivity contribution in [2.45, 2.75) is 33.6 Å². The summed E-state index contributed by atoms with van der Waals surface area (Å²) in [4.78, 5) is 15.2. The van der Waals surface area contributed by atoms with Gasteiger partial charge in [0, 0.05) is 29.2 Å². The topological polar surface area (TPSA) is 37.3 Å². The van der Waals surface area contributed by atoms with Gasteiger partial charge in [0.2, 0.25) is 0 Å². The molecule has 0 spiro atoms. The first kappa shape index (κ1) is 10.0. The first-order valence-corrected chi connectivity index (χ1v) is 5.21. The number of aryl methyl sites for hydroxylation is 2. The number of aromatic amines is 1. The number of pyridine rings is 1. The van der Waals surface area contributed by atoms with Crippen molar-refractivity contribution in [2.75, 3.05) is 0 Å². The molecule has 3 nitrogen and oxygen atoms in total. The van der Waals surface area contributed by atoms with Crippen molar-refractivity contribution in [3.8, 4) is 0 Å². The van der Waals surface area contributed by atoms with Crippen LogP contribution >= 0.6 is 0 Å². The smallest absolute Gasteiger partial charge is 0.190 e. The maximum absolute atomic E-state index is 12.0. The molecule has 0 bridgehead atoms. The van der Waals surface area contributed by atoms with E-state index < -0.39 is 0 Å². The summed E-state index contributed by atoms with van der Waals surface area (Å²) < 4.78 is 2.00. The second kappa shape index (κ2) is 3.26. The van der Waals surface area contributed by atoms with Gasteiger partial charge in [-0.15, -0.1) is 0 Å². The zero-order valence-corrected chi connectivity index (χ0v) is 9.59. The van der Waals surface area contributed by atoms with Crippen LogP contribution in [0.4, 0.5) is 0 Å². The highest BCUT2D eigenvalue weighted by Crippen LogP contribution is 2.14. The lowest BCUT2D eigenvalue weighted by Gasteiger charge is -2.06. The molecule has 0 aliphatic heterocycles. The van der Waals surface area contributed by atoms with Crippen LogP contribution in [0.15, 0.2) is 17.2 Å². The second-order valence-electron chi connectivity index (χ2n) is 4.39. The molecule has 1 N–H and O–H groups in total. The van der Waals surface area contributed by atoms with Crippen molar-refractivity contribution in [1.82, 2.24) is 9.38 Å². The van der Waals surface area contributed by atoms with Gasteiger partial charge in [0.05, 0.1) is 0 Å². The third kappa shape index (κ3) is 1.48. The number of nitrogens with one attached hydrogen (secondary N) is 1. The van der Waals surface area contributed by atoms with Crippen LogP contribution in [-0.4, -0.2) is 9.38 Å². The van der Waals surface area contributed by atoms with Crippen LogP contribution in [0, 0.1) is 13.8 Å². The third-order valence-electron chi connectivity index (χ3n) is 2.76. The second-order valence-corrected chi connectivity index (χ2v) is 4.39. The number of imidazole rings is 1. The summed E-state index contributed by atoms with van der Waals surface area (Å²) in [6, 6.07) is 0. The lowest BCUT2D eigenvalue weighted by atomic mass is 10.0. The van der Waals surface area contributed by atoms with Crippen molar-refractivity contribution in [2.24, 2.45) is 0 Å². The maximum Gasteiger partial charge on any atom is 0.190 e. The van der Waals surface area contributed by atoms with Crippen LogP contribution in [0.3, 0.4) is 0 Å². The average Bonchev–Trinajstić information content (AvgIpc) is 2.52. The highest BCUT2D eigenvalue weighted by atomic mass is 16.1. The Bertz CT molecular complexity index is 561. The minimum atomic E-state index is 0.159. The molecule has 2 heterocycles. The zero-order chi connectivity index (χ0) is 11.2. The Morgan fingerprint density at radius 1 is 1.27 bits per heavy atom. The molecule has 2 rings (SSSR count). The van der Waals surface area contributed by atoms with Crippen LogP contribution in [0.1, 0.15) is 36.6 Å². The fraction of sp³-hybridized carbons (Fsp3) is 0.417. The van der Waals surface area contributed by atoms with Gasteiger partial charge in [-0.05, 0) is 19.8 Å². The van der Waals surface area contributed by atoms with E-state index in [9.17, 15) is 4.79 Å². The molecule has 0 aliphatic carbocycles. The van der Waals surface area contributed by atoms with E-state index in [1.807, 2.05) is 44.5 Å². The predicted octanol–water partition coefficient (Wildman–Crippen LogP) is 2.37. The summed E-state index contributed by atoms with van der Waals surface area (Å²) in [5.41, 5.74) is 3.81. The fourth-order valence-electron chi connectivity index (χ4n) is 1.89. The molecule has 0 aromatic carbocycles. The van der Waals surface area contributed by atoms with Gasteiger partial charge in [-0.1, -0.05) is 13.8 Å². The minimum Gasteiger partial charge on any atom is -0.343 e. The standard InChI is InChI=1S/C12H16N2O/c1-7(2)10-6-14-5-8(3)13-12(14)9(4)11(10)15/h5-7,13H,1-4H3. The number of hydrogen-bond donors (Lipinski definition) is 1. The van der Waals surface area contributed by atoms with Gasteiger partial charge in [0.1, 0.15) is 5.65 Å². The van der Waals surface area contributed by atoms with Gasteiger partial charge in [-0.2, -0.15) is 0 Å². The van der Waals surface area contributed by atoms with Gasteiger partial charge in [-0.3, -0.25) is 4.79 Å². The SMILES string of the molecule is Cc1cn2cc(C(C)C)c(=O)c(C)c2[nH]1. The first-order valence-electron chi connectivity index (χ1n) is 5.21. The number of nitrogens with zero attached hydrogens (tertiary/aromatic N) is 1. The molecule has 80 valence electrons.